The molecule has 0 aliphatic carbocycles. The molecule has 0 bridgehead atoms. The molecule has 0 radical (unpaired) electrons. The molecule has 1 aromatic rings. The van der Waals surface area contributed by atoms with Gasteiger partial charge < -0.3 is 20.5 Å². The number of nitrogens with two attached hydrogens (primary N) is 1. The number of hydrogen-bond acceptors (Lipinski definition) is 5. The van der Waals surface area contributed by atoms with E-state index in [2.05, 4.69) is 10.2 Å². The molecule has 1 unspecified atom stereocenters. The lowest BCUT2D eigenvalue weighted by Gasteiger charge is -2.23. The Kier molecular flexibility index (Phi) is 6.79. The second kappa shape index (κ2) is 8.45. The Morgan fingerprint density at radius 1 is 1.44 bits per heavy atom. The van der Waals surface area contributed by atoms with Crippen molar-refractivity contribution < 1.29 is 14.3 Å². The van der Waals surface area contributed by atoms with Crippen LogP contribution in [0.5, 0.6) is 11.5 Å². The van der Waals surface area contributed by atoms with E-state index < -0.39 is 5.91 Å². The van der Waals surface area contributed by atoms with E-state index in [-0.39, 0.29) is 19.0 Å². The van der Waals surface area contributed by atoms with Gasteiger partial charge in [0.25, 0.3) is 5.91 Å². The summed E-state index contributed by atoms with van der Waals surface area (Å²) in [6, 6.07) is 3.79. The molecule has 2 fully saturated rings. The van der Waals surface area contributed by atoms with Crippen LogP contribution in [0.3, 0.4) is 0 Å². The molecule has 2 heterocycles. The summed E-state index contributed by atoms with van der Waals surface area (Å²) in [5.74, 6) is 0.333. The summed E-state index contributed by atoms with van der Waals surface area (Å²) in [6.45, 7) is 5.05. The number of methoxy groups -OCH3 is 1. The molecule has 6 nitrogen and oxygen atoms in total. The minimum absolute atomic E-state index is 0. The normalized spacial score (nSPS) is 22.8. The number of primary amides is 1. The molecule has 1 aromatic carbocycles. The third-order valence-corrected chi connectivity index (χ3v) is 5.18. The maximum absolute atomic E-state index is 10.9. The predicted octanol–water partition coefficient (Wildman–Crippen LogP) is 1.82. The molecule has 2 saturated heterocycles. The molecule has 2 aliphatic rings. The predicted molar refractivity (Wildman–Crippen MR) is 99.8 cm³/mol. The Labute approximate surface area is 159 Å². The highest BCUT2D eigenvalue weighted by atomic mass is 35.5. The molecule has 2 aliphatic heterocycles. The van der Waals surface area contributed by atoms with Gasteiger partial charge in [-0.25, -0.2) is 0 Å². The lowest BCUT2D eigenvalue weighted by Crippen LogP contribution is -2.28. The smallest absolute Gasteiger partial charge is 0.255 e. The van der Waals surface area contributed by atoms with Crippen molar-refractivity contribution in [3.8, 4) is 11.5 Å². The Hall–Kier alpha value is -1.21. The Morgan fingerprint density at radius 3 is 2.88 bits per heavy atom. The average Bonchev–Trinajstić information content (AvgIpc) is 3.16. The van der Waals surface area contributed by atoms with Crippen molar-refractivity contribution >= 4 is 29.9 Å². The highest BCUT2D eigenvalue weighted by Crippen LogP contribution is 2.39. The van der Waals surface area contributed by atoms with Crippen LogP contribution in [0.2, 0.25) is 5.02 Å². The van der Waals surface area contributed by atoms with E-state index in [9.17, 15) is 4.79 Å². The third kappa shape index (κ3) is 4.70. The van der Waals surface area contributed by atoms with Crippen molar-refractivity contribution in [2.45, 2.75) is 19.4 Å². The van der Waals surface area contributed by atoms with Gasteiger partial charge in [0.2, 0.25) is 0 Å². The van der Waals surface area contributed by atoms with Gasteiger partial charge in [0.15, 0.2) is 18.1 Å². The fraction of sp³-hybridized carbons (Fsp3) is 0.588. The molecule has 140 valence electrons. The van der Waals surface area contributed by atoms with Gasteiger partial charge in [0.1, 0.15) is 0 Å². The second-order valence-corrected chi connectivity index (χ2v) is 7.16. The molecule has 8 heteroatoms. The first-order chi connectivity index (χ1) is 11.5. The van der Waals surface area contributed by atoms with Crippen molar-refractivity contribution in [3.63, 3.8) is 0 Å². The molecule has 3 N–H and O–H groups in total. The summed E-state index contributed by atoms with van der Waals surface area (Å²) in [4.78, 5) is 13.4. The number of benzene rings is 1. The van der Waals surface area contributed by atoms with Crippen LogP contribution in [0, 0.1) is 5.41 Å². The monoisotopic (exact) mass is 389 g/mol. The molecule has 1 amide bonds. The summed E-state index contributed by atoms with van der Waals surface area (Å²) >= 11 is 6.32. The number of nitrogens with one attached hydrogen (secondary N) is 1. The van der Waals surface area contributed by atoms with E-state index in [0.29, 0.717) is 21.9 Å². The standard InChI is InChI=1S/C17H24ClN3O3.ClH/c1-23-14-7-12(6-13(18)16(14)24-9-15(19)22)8-21-5-3-17(11-21)2-4-20-10-17;/h6-7,20H,2-5,8-11H2,1H3,(H2,19,22);1H. The van der Waals surface area contributed by atoms with Gasteiger partial charge in [-0.05, 0) is 49.0 Å². The van der Waals surface area contributed by atoms with E-state index in [0.717, 1.165) is 38.3 Å². The van der Waals surface area contributed by atoms with E-state index in [1.54, 1.807) is 7.11 Å². The summed E-state index contributed by atoms with van der Waals surface area (Å²) in [6.07, 6.45) is 2.50. The summed E-state index contributed by atoms with van der Waals surface area (Å²) in [7, 11) is 1.56. The Bertz CT molecular complexity index is 621. The van der Waals surface area contributed by atoms with Crippen LogP contribution in [-0.2, 0) is 11.3 Å². The molecular formula is C17H25Cl2N3O3. The first kappa shape index (κ1) is 20.1. The average molecular weight is 390 g/mol. The van der Waals surface area contributed by atoms with Crippen LogP contribution in [0.15, 0.2) is 12.1 Å². The SMILES string of the molecule is COc1cc(CN2CCC3(CCNC3)C2)cc(Cl)c1OCC(N)=O.Cl. The zero-order valence-electron chi connectivity index (χ0n) is 14.3. The van der Waals surface area contributed by atoms with Crippen LogP contribution < -0.4 is 20.5 Å². The van der Waals surface area contributed by atoms with Gasteiger partial charge in [0.05, 0.1) is 12.1 Å². The van der Waals surface area contributed by atoms with Gasteiger partial charge in [-0.15, -0.1) is 12.4 Å². The number of amides is 1. The van der Waals surface area contributed by atoms with Crippen LogP contribution in [0.1, 0.15) is 18.4 Å². The van der Waals surface area contributed by atoms with Crippen LogP contribution >= 0.6 is 24.0 Å². The lowest BCUT2D eigenvalue weighted by atomic mass is 9.86. The largest absolute Gasteiger partial charge is 0.493 e. The van der Waals surface area contributed by atoms with Crippen molar-refractivity contribution in [3.05, 3.63) is 22.7 Å². The summed E-state index contributed by atoms with van der Waals surface area (Å²) in [5, 5.41) is 3.91. The lowest BCUT2D eigenvalue weighted by molar-refractivity contribution is -0.119. The zero-order chi connectivity index (χ0) is 17.2. The summed E-state index contributed by atoms with van der Waals surface area (Å²) < 4.78 is 10.7. The van der Waals surface area contributed by atoms with Crippen molar-refractivity contribution in [2.75, 3.05) is 39.9 Å². The first-order valence-electron chi connectivity index (χ1n) is 8.22. The molecular weight excluding hydrogens is 365 g/mol. The number of halogens is 2. The molecule has 1 atom stereocenters. The number of nitrogens with zero attached hydrogens (tertiary/aromatic N) is 1. The molecule has 0 saturated carbocycles. The van der Waals surface area contributed by atoms with Gasteiger partial charge in [-0.2, -0.15) is 0 Å². The van der Waals surface area contributed by atoms with E-state index in [4.69, 9.17) is 26.8 Å². The highest BCUT2D eigenvalue weighted by Gasteiger charge is 2.40. The van der Waals surface area contributed by atoms with Crippen LogP contribution in [0.4, 0.5) is 0 Å². The Morgan fingerprint density at radius 2 is 2.24 bits per heavy atom. The zero-order valence-corrected chi connectivity index (χ0v) is 15.9. The van der Waals surface area contributed by atoms with E-state index >= 15 is 0 Å². The van der Waals surface area contributed by atoms with Gasteiger partial charge >= 0.3 is 0 Å². The molecule has 0 aromatic heterocycles. The first-order valence-corrected chi connectivity index (χ1v) is 8.60. The van der Waals surface area contributed by atoms with E-state index in [1.807, 2.05) is 12.1 Å². The van der Waals surface area contributed by atoms with Crippen molar-refractivity contribution in [1.82, 2.24) is 10.2 Å². The molecule has 3 rings (SSSR count). The van der Waals surface area contributed by atoms with Crippen molar-refractivity contribution in [1.29, 1.82) is 0 Å². The van der Waals surface area contributed by atoms with E-state index in [1.165, 1.54) is 12.8 Å². The minimum Gasteiger partial charge on any atom is -0.493 e. The van der Waals surface area contributed by atoms with Gasteiger partial charge in [0, 0.05) is 19.6 Å². The number of hydrogen-bond donors (Lipinski definition) is 2. The molecule has 25 heavy (non-hydrogen) atoms. The fourth-order valence-electron chi connectivity index (χ4n) is 3.71. The number of carbonyl (C=O) groups excluding carboxylic acids is 1. The van der Waals surface area contributed by atoms with Crippen LogP contribution in [0.25, 0.3) is 0 Å². The number of likely N-dealkylation sites (tertiary alicyclic amines) is 1. The van der Waals surface area contributed by atoms with Gasteiger partial charge in [-0.3, -0.25) is 9.69 Å². The number of ether oxygens (including phenoxy) is 2. The third-order valence-electron chi connectivity index (χ3n) is 4.90. The summed E-state index contributed by atoms with van der Waals surface area (Å²) in [5.41, 5.74) is 6.64. The number of rotatable bonds is 6. The number of carbonyl (C=O) groups is 1. The topological polar surface area (TPSA) is 76.8 Å². The maximum atomic E-state index is 10.9. The van der Waals surface area contributed by atoms with Gasteiger partial charge in [-0.1, -0.05) is 11.6 Å². The second-order valence-electron chi connectivity index (χ2n) is 6.75. The quantitative estimate of drug-likeness (QED) is 0.775. The Balaban J connectivity index is 0.00000225. The minimum atomic E-state index is -0.551. The maximum Gasteiger partial charge on any atom is 0.255 e. The van der Waals surface area contributed by atoms with Crippen molar-refractivity contribution in [2.24, 2.45) is 11.1 Å². The van der Waals surface area contributed by atoms with Crippen LogP contribution in [-0.4, -0.2) is 50.7 Å². The molecule has 1 spiro atoms. The fourth-order valence-corrected chi connectivity index (χ4v) is 4.00. The highest BCUT2D eigenvalue weighted by molar-refractivity contribution is 6.32.